The molecule has 0 spiro atoms. The van der Waals surface area contributed by atoms with Gasteiger partial charge in [-0.05, 0) is 43.2 Å². The molecule has 0 bridgehead atoms. The second-order valence-electron chi connectivity index (χ2n) is 4.65. The Hall–Kier alpha value is -1.94. The maximum atomic E-state index is 9.61. The maximum Gasteiger partial charge on any atom is 0.160 e. The molecule has 0 saturated carbocycles. The number of aryl methyl sites for hydroxylation is 1. The van der Waals surface area contributed by atoms with Gasteiger partial charge in [0.25, 0.3) is 0 Å². The first-order valence-corrected chi connectivity index (χ1v) is 6.64. The quantitative estimate of drug-likeness (QED) is 0.838. The number of hydrogen-bond acceptors (Lipinski definition) is 4. The van der Waals surface area contributed by atoms with Crippen molar-refractivity contribution >= 4 is 17.3 Å². The van der Waals surface area contributed by atoms with Crippen molar-refractivity contribution in [3.05, 3.63) is 46.7 Å². The Morgan fingerprint density at radius 2 is 2.10 bits per heavy atom. The fourth-order valence-corrected chi connectivity index (χ4v) is 2.09. The predicted octanol–water partition coefficient (Wildman–Crippen LogP) is 3.93. The van der Waals surface area contributed by atoms with Crippen LogP contribution in [0.4, 0.5) is 5.69 Å². The van der Waals surface area contributed by atoms with E-state index in [0.717, 1.165) is 16.8 Å². The third kappa shape index (κ3) is 3.14. The monoisotopic (exact) mass is 292 g/mol. The molecule has 106 valence electrons. The molecule has 0 aliphatic carbocycles. The van der Waals surface area contributed by atoms with Crippen LogP contribution < -0.4 is 10.1 Å². The number of aromatic hydroxyl groups is 1. The van der Waals surface area contributed by atoms with E-state index in [1.54, 1.807) is 18.3 Å². The molecule has 20 heavy (non-hydrogen) atoms. The number of phenolic OH excluding ortho intramolecular Hbond substituents is 1. The first-order chi connectivity index (χ1) is 9.51. The number of nitrogens with zero attached hydrogens (tertiary/aromatic N) is 1. The van der Waals surface area contributed by atoms with Gasteiger partial charge in [0.05, 0.1) is 12.8 Å². The number of phenols is 1. The molecule has 1 aromatic heterocycles. The first kappa shape index (κ1) is 14.5. The average Bonchev–Trinajstić information content (AvgIpc) is 2.43. The summed E-state index contributed by atoms with van der Waals surface area (Å²) >= 11 is 6.07. The maximum absolute atomic E-state index is 9.61. The summed E-state index contributed by atoms with van der Waals surface area (Å²) < 4.78 is 5.11. The van der Waals surface area contributed by atoms with E-state index in [2.05, 4.69) is 10.3 Å². The van der Waals surface area contributed by atoms with Crippen LogP contribution in [0, 0.1) is 6.92 Å². The highest BCUT2D eigenvalue weighted by Gasteiger charge is 2.11. The molecule has 0 fully saturated rings. The summed E-state index contributed by atoms with van der Waals surface area (Å²) in [7, 11) is 1.53. The molecule has 5 heteroatoms. The number of ether oxygens (including phenoxy) is 1. The van der Waals surface area contributed by atoms with Crippen molar-refractivity contribution in [2.75, 3.05) is 12.4 Å². The van der Waals surface area contributed by atoms with Crippen molar-refractivity contribution in [2.24, 2.45) is 0 Å². The number of halogens is 1. The lowest BCUT2D eigenvalue weighted by atomic mass is 10.1. The highest BCUT2D eigenvalue weighted by atomic mass is 35.5. The van der Waals surface area contributed by atoms with E-state index >= 15 is 0 Å². The Balaban J connectivity index is 2.23. The lowest BCUT2D eigenvalue weighted by Crippen LogP contribution is -2.08. The number of methoxy groups -OCH3 is 1. The predicted molar refractivity (Wildman–Crippen MR) is 80.7 cm³/mol. The van der Waals surface area contributed by atoms with Crippen molar-refractivity contribution < 1.29 is 9.84 Å². The van der Waals surface area contributed by atoms with E-state index in [0.29, 0.717) is 10.9 Å². The van der Waals surface area contributed by atoms with E-state index in [1.807, 2.05) is 26.0 Å². The molecule has 0 aliphatic heterocycles. The standard InChI is InChI=1S/C15H17ClN2O2/c1-9-6-12(15(16)17-8-9)18-10(2)11-4-5-13(19)14(7-11)20-3/h4-8,10,18-19H,1-3H3. The van der Waals surface area contributed by atoms with E-state index in [1.165, 1.54) is 7.11 Å². The molecule has 1 heterocycles. The number of nitrogens with one attached hydrogen (secondary N) is 1. The van der Waals surface area contributed by atoms with Crippen LogP contribution in [0.3, 0.4) is 0 Å². The summed E-state index contributed by atoms with van der Waals surface area (Å²) in [6, 6.07) is 7.20. The van der Waals surface area contributed by atoms with Gasteiger partial charge in [0, 0.05) is 12.2 Å². The van der Waals surface area contributed by atoms with Gasteiger partial charge in [-0.15, -0.1) is 0 Å². The van der Waals surface area contributed by atoms with Crippen molar-refractivity contribution in [2.45, 2.75) is 19.9 Å². The molecule has 1 atom stereocenters. The summed E-state index contributed by atoms with van der Waals surface area (Å²) in [6.07, 6.45) is 1.72. The van der Waals surface area contributed by atoms with Crippen LogP contribution >= 0.6 is 11.6 Å². The van der Waals surface area contributed by atoms with Crippen LogP contribution in [-0.2, 0) is 0 Å². The molecule has 0 aliphatic rings. The zero-order valence-corrected chi connectivity index (χ0v) is 12.4. The van der Waals surface area contributed by atoms with Gasteiger partial charge >= 0.3 is 0 Å². The van der Waals surface area contributed by atoms with Crippen molar-refractivity contribution in [3.8, 4) is 11.5 Å². The Labute approximate surface area is 123 Å². The number of aromatic nitrogens is 1. The van der Waals surface area contributed by atoms with Crippen LogP contribution in [0.5, 0.6) is 11.5 Å². The van der Waals surface area contributed by atoms with Gasteiger partial charge in [-0.25, -0.2) is 4.98 Å². The SMILES string of the molecule is COc1cc(C(C)Nc2cc(C)cnc2Cl)ccc1O. The highest BCUT2D eigenvalue weighted by Crippen LogP contribution is 2.31. The van der Waals surface area contributed by atoms with Crippen LogP contribution in [0.25, 0.3) is 0 Å². The van der Waals surface area contributed by atoms with Crippen molar-refractivity contribution in [1.29, 1.82) is 0 Å². The molecule has 2 rings (SSSR count). The normalized spacial score (nSPS) is 12.0. The van der Waals surface area contributed by atoms with Crippen LogP contribution in [-0.4, -0.2) is 17.2 Å². The molecular weight excluding hydrogens is 276 g/mol. The smallest absolute Gasteiger partial charge is 0.160 e. The molecular formula is C15H17ClN2O2. The topological polar surface area (TPSA) is 54.4 Å². The largest absolute Gasteiger partial charge is 0.504 e. The van der Waals surface area contributed by atoms with Crippen LogP contribution in [0.1, 0.15) is 24.1 Å². The van der Waals surface area contributed by atoms with Gasteiger partial charge in [0.1, 0.15) is 0 Å². The van der Waals surface area contributed by atoms with E-state index in [-0.39, 0.29) is 11.8 Å². The molecule has 1 unspecified atom stereocenters. The minimum Gasteiger partial charge on any atom is -0.504 e. The number of benzene rings is 1. The van der Waals surface area contributed by atoms with Gasteiger partial charge in [0.2, 0.25) is 0 Å². The van der Waals surface area contributed by atoms with Gasteiger partial charge in [0.15, 0.2) is 16.7 Å². The third-order valence-corrected chi connectivity index (χ3v) is 3.35. The highest BCUT2D eigenvalue weighted by molar-refractivity contribution is 6.31. The number of anilines is 1. The Morgan fingerprint density at radius 1 is 1.35 bits per heavy atom. The second kappa shape index (κ2) is 6.01. The molecule has 0 amide bonds. The van der Waals surface area contributed by atoms with Gasteiger partial charge in [-0.3, -0.25) is 0 Å². The van der Waals surface area contributed by atoms with Crippen LogP contribution in [0.15, 0.2) is 30.5 Å². The fraction of sp³-hybridized carbons (Fsp3) is 0.267. The fourth-order valence-electron chi connectivity index (χ4n) is 1.93. The number of pyridine rings is 1. The Bertz CT molecular complexity index is 617. The third-order valence-electron chi connectivity index (χ3n) is 3.05. The van der Waals surface area contributed by atoms with E-state index in [4.69, 9.17) is 16.3 Å². The van der Waals surface area contributed by atoms with Crippen molar-refractivity contribution in [1.82, 2.24) is 4.98 Å². The lowest BCUT2D eigenvalue weighted by Gasteiger charge is -2.17. The minimum atomic E-state index is 0.00519. The summed E-state index contributed by atoms with van der Waals surface area (Å²) in [6.45, 7) is 3.97. The molecule has 0 saturated heterocycles. The summed E-state index contributed by atoms with van der Waals surface area (Å²) in [4.78, 5) is 4.11. The molecule has 0 radical (unpaired) electrons. The van der Waals surface area contributed by atoms with Gasteiger partial charge in [-0.1, -0.05) is 17.7 Å². The van der Waals surface area contributed by atoms with E-state index < -0.39 is 0 Å². The summed E-state index contributed by atoms with van der Waals surface area (Å²) in [5.74, 6) is 0.573. The first-order valence-electron chi connectivity index (χ1n) is 6.27. The molecule has 2 N–H and O–H groups in total. The number of rotatable bonds is 4. The van der Waals surface area contributed by atoms with E-state index in [9.17, 15) is 5.11 Å². The second-order valence-corrected chi connectivity index (χ2v) is 5.01. The molecule has 2 aromatic rings. The van der Waals surface area contributed by atoms with Crippen molar-refractivity contribution in [3.63, 3.8) is 0 Å². The lowest BCUT2D eigenvalue weighted by molar-refractivity contribution is 0.373. The van der Waals surface area contributed by atoms with Gasteiger partial charge in [-0.2, -0.15) is 0 Å². The summed E-state index contributed by atoms with van der Waals surface area (Å²) in [5, 5.41) is 13.4. The Morgan fingerprint density at radius 3 is 2.80 bits per heavy atom. The average molecular weight is 293 g/mol. The Kier molecular flexibility index (Phi) is 4.35. The molecule has 4 nitrogen and oxygen atoms in total. The summed E-state index contributed by atoms with van der Waals surface area (Å²) in [5.41, 5.74) is 2.80. The zero-order valence-electron chi connectivity index (χ0n) is 11.6. The van der Waals surface area contributed by atoms with Crippen LogP contribution in [0.2, 0.25) is 5.15 Å². The van der Waals surface area contributed by atoms with Gasteiger partial charge < -0.3 is 15.2 Å². The number of hydrogen-bond donors (Lipinski definition) is 2. The minimum absolute atomic E-state index is 0.00519. The zero-order chi connectivity index (χ0) is 14.7. The molecule has 1 aromatic carbocycles.